The first-order chi connectivity index (χ1) is 17.9. The van der Waals surface area contributed by atoms with Crippen molar-refractivity contribution in [3.63, 3.8) is 0 Å². The summed E-state index contributed by atoms with van der Waals surface area (Å²) in [6.45, 7) is 6.48. The van der Waals surface area contributed by atoms with Gasteiger partial charge in [-0.1, -0.05) is 41.9 Å². The van der Waals surface area contributed by atoms with Crippen LogP contribution in [0.15, 0.2) is 78.4 Å². The van der Waals surface area contributed by atoms with Gasteiger partial charge in [0.1, 0.15) is 19.0 Å². The largest absolute Gasteiger partial charge is 0.490 e. The molecular formula is C27H25Cl2N3O5. The van der Waals surface area contributed by atoms with E-state index in [1.165, 1.54) is 6.21 Å². The molecule has 192 valence electrons. The third-order valence-corrected chi connectivity index (χ3v) is 5.45. The molecule has 3 aromatic rings. The Hall–Kier alpha value is -4.01. The minimum Gasteiger partial charge on any atom is -0.490 e. The third kappa shape index (κ3) is 8.56. The second-order valence-corrected chi connectivity index (χ2v) is 8.27. The molecular weight excluding hydrogens is 517 g/mol. The third-order valence-electron chi connectivity index (χ3n) is 4.71. The number of ether oxygens (including phenoxy) is 3. The molecule has 0 fully saturated rings. The maximum Gasteiger partial charge on any atom is 0.329 e. The highest BCUT2D eigenvalue weighted by Gasteiger charge is 2.13. The van der Waals surface area contributed by atoms with Crippen molar-refractivity contribution in [2.75, 3.05) is 18.5 Å². The van der Waals surface area contributed by atoms with Crippen LogP contribution in [0.3, 0.4) is 0 Å². The SMILES string of the molecule is C=CCOc1ccc(NC(=O)C(=O)N/N=C\c2ccc(OCc3ccc(Cl)c(Cl)c3)c(OCC)c2)cc1. The second kappa shape index (κ2) is 13.9. The number of amides is 2. The number of carbonyl (C=O) groups is 2. The first kappa shape index (κ1) is 27.6. The predicted molar refractivity (Wildman–Crippen MR) is 145 cm³/mol. The zero-order valence-corrected chi connectivity index (χ0v) is 21.5. The zero-order chi connectivity index (χ0) is 26.6. The quantitative estimate of drug-likeness (QED) is 0.142. The van der Waals surface area contributed by atoms with Crippen LogP contribution >= 0.6 is 23.2 Å². The summed E-state index contributed by atoms with van der Waals surface area (Å²) < 4.78 is 16.9. The highest BCUT2D eigenvalue weighted by atomic mass is 35.5. The molecule has 0 aliphatic rings. The fraction of sp³-hybridized carbons (Fsp3) is 0.148. The van der Waals surface area contributed by atoms with Crippen LogP contribution in [0.1, 0.15) is 18.1 Å². The summed E-state index contributed by atoms with van der Waals surface area (Å²) in [5.74, 6) is -0.150. The molecule has 0 aromatic heterocycles. The Morgan fingerprint density at radius 2 is 1.70 bits per heavy atom. The molecule has 0 heterocycles. The summed E-state index contributed by atoms with van der Waals surface area (Å²) >= 11 is 12.0. The van der Waals surface area contributed by atoms with E-state index in [0.29, 0.717) is 51.8 Å². The molecule has 0 unspecified atom stereocenters. The van der Waals surface area contributed by atoms with Crippen molar-refractivity contribution in [1.82, 2.24) is 5.43 Å². The number of hydrogen-bond donors (Lipinski definition) is 2. The number of rotatable bonds is 11. The molecule has 0 saturated carbocycles. The highest BCUT2D eigenvalue weighted by molar-refractivity contribution is 6.42. The summed E-state index contributed by atoms with van der Waals surface area (Å²) in [4.78, 5) is 24.2. The molecule has 2 amide bonds. The lowest BCUT2D eigenvalue weighted by atomic mass is 10.2. The van der Waals surface area contributed by atoms with E-state index >= 15 is 0 Å². The molecule has 8 nitrogen and oxygen atoms in total. The normalized spacial score (nSPS) is 10.6. The number of halogens is 2. The lowest BCUT2D eigenvalue weighted by Crippen LogP contribution is -2.32. The van der Waals surface area contributed by atoms with Gasteiger partial charge < -0.3 is 19.5 Å². The molecule has 3 rings (SSSR count). The van der Waals surface area contributed by atoms with Gasteiger partial charge in [0.25, 0.3) is 0 Å². The second-order valence-electron chi connectivity index (χ2n) is 7.45. The van der Waals surface area contributed by atoms with Crippen molar-refractivity contribution in [1.29, 1.82) is 0 Å². The highest BCUT2D eigenvalue weighted by Crippen LogP contribution is 2.30. The maximum absolute atomic E-state index is 12.1. The van der Waals surface area contributed by atoms with Gasteiger partial charge in [0.2, 0.25) is 0 Å². The molecule has 37 heavy (non-hydrogen) atoms. The fourth-order valence-electron chi connectivity index (χ4n) is 2.98. The van der Waals surface area contributed by atoms with Gasteiger partial charge in [0.15, 0.2) is 11.5 Å². The van der Waals surface area contributed by atoms with Crippen LogP contribution in [-0.2, 0) is 16.2 Å². The summed E-state index contributed by atoms with van der Waals surface area (Å²) in [5, 5.41) is 7.26. The molecule has 0 aliphatic carbocycles. The Labute approximate surface area is 224 Å². The van der Waals surface area contributed by atoms with E-state index < -0.39 is 11.8 Å². The van der Waals surface area contributed by atoms with E-state index in [-0.39, 0.29) is 6.61 Å². The number of hydrazone groups is 1. The minimum atomic E-state index is -0.921. The molecule has 0 spiro atoms. The molecule has 0 radical (unpaired) electrons. The Kier molecular flexibility index (Phi) is 10.4. The molecule has 0 aliphatic heterocycles. The Bertz CT molecular complexity index is 1280. The number of hydrogen-bond acceptors (Lipinski definition) is 6. The summed E-state index contributed by atoms with van der Waals surface area (Å²) in [7, 11) is 0. The lowest BCUT2D eigenvalue weighted by molar-refractivity contribution is -0.136. The van der Waals surface area contributed by atoms with Crippen molar-refractivity contribution < 1.29 is 23.8 Å². The maximum atomic E-state index is 12.1. The van der Waals surface area contributed by atoms with Gasteiger partial charge in [0.05, 0.1) is 22.9 Å². The van der Waals surface area contributed by atoms with E-state index in [4.69, 9.17) is 37.4 Å². The Morgan fingerprint density at radius 3 is 2.41 bits per heavy atom. The van der Waals surface area contributed by atoms with Gasteiger partial charge >= 0.3 is 11.8 Å². The van der Waals surface area contributed by atoms with Crippen molar-refractivity contribution in [3.05, 3.63) is 94.5 Å². The van der Waals surface area contributed by atoms with Crippen LogP contribution in [0.5, 0.6) is 17.2 Å². The van der Waals surface area contributed by atoms with Gasteiger partial charge in [-0.15, -0.1) is 0 Å². The van der Waals surface area contributed by atoms with Crippen molar-refractivity contribution in [2.24, 2.45) is 5.10 Å². The summed E-state index contributed by atoms with van der Waals surface area (Å²) in [6.07, 6.45) is 3.02. The van der Waals surface area contributed by atoms with Crippen LogP contribution in [0, 0.1) is 0 Å². The fourth-order valence-corrected chi connectivity index (χ4v) is 3.30. The van der Waals surface area contributed by atoms with E-state index in [1.807, 2.05) is 13.0 Å². The number of benzene rings is 3. The topological polar surface area (TPSA) is 98.2 Å². The van der Waals surface area contributed by atoms with E-state index in [9.17, 15) is 9.59 Å². The molecule has 0 bridgehead atoms. The number of nitrogens with zero attached hydrogens (tertiary/aromatic N) is 1. The van der Waals surface area contributed by atoms with Gasteiger partial charge in [0, 0.05) is 5.69 Å². The molecule has 0 saturated heterocycles. The van der Waals surface area contributed by atoms with E-state index in [1.54, 1.807) is 60.7 Å². The molecule has 0 atom stereocenters. The minimum absolute atomic E-state index is 0.264. The smallest absolute Gasteiger partial charge is 0.329 e. The average molecular weight is 542 g/mol. The summed E-state index contributed by atoms with van der Waals surface area (Å²) in [5.41, 5.74) is 4.11. The molecule has 10 heteroatoms. The summed E-state index contributed by atoms with van der Waals surface area (Å²) in [6, 6.07) is 17.0. The Morgan fingerprint density at radius 1 is 0.919 bits per heavy atom. The van der Waals surface area contributed by atoms with Crippen LogP contribution in [0.4, 0.5) is 5.69 Å². The van der Waals surface area contributed by atoms with Crippen LogP contribution in [-0.4, -0.2) is 31.2 Å². The van der Waals surface area contributed by atoms with Gasteiger partial charge in [-0.3, -0.25) is 9.59 Å². The molecule has 2 N–H and O–H groups in total. The zero-order valence-electron chi connectivity index (χ0n) is 20.0. The lowest BCUT2D eigenvalue weighted by Gasteiger charge is -2.13. The first-order valence-electron chi connectivity index (χ1n) is 11.2. The van der Waals surface area contributed by atoms with Crippen molar-refractivity contribution >= 4 is 46.9 Å². The average Bonchev–Trinajstić information content (AvgIpc) is 2.89. The van der Waals surface area contributed by atoms with Crippen LogP contribution in [0.25, 0.3) is 0 Å². The Balaban J connectivity index is 1.56. The number of nitrogens with one attached hydrogen (secondary N) is 2. The molecule has 3 aromatic carbocycles. The first-order valence-corrected chi connectivity index (χ1v) is 12.0. The van der Waals surface area contributed by atoms with Crippen molar-refractivity contribution in [2.45, 2.75) is 13.5 Å². The van der Waals surface area contributed by atoms with Gasteiger partial charge in [-0.05, 0) is 72.6 Å². The predicted octanol–water partition coefficient (Wildman–Crippen LogP) is 5.62. The van der Waals surface area contributed by atoms with E-state index in [0.717, 1.165) is 5.56 Å². The monoisotopic (exact) mass is 541 g/mol. The van der Waals surface area contributed by atoms with Gasteiger partial charge in [-0.2, -0.15) is 5.10 Å². The van der Waals surface area contributed by atoms with Gasteiger partial charge in [-0.25, -0.2) is 5.43 Å². The van der Waals surface area contributed by atoms with E-state index in [2.05, 4.69) is 22.4 Å². The standard InChI is InChI=1S/C27H25Cl2N3O5/c1-3-13-36-21-9-7-20(8-10-21)31-26(33)27(34)32-30-16-18-6-12-24(25(15-18)35-4-2)37-17-19-5-11-22(28)23(29)14-19/h3,5-12,14-16H,1,4,13,17H2,2H3,(H,31,33)(H,32,34)/b30-16-. The number of anilines is 1. The van der Waals surface area contributed by atoms with Crippen LogP contribution < -0.4 is 25.0 Å². The van der Waals surface area contributed by atoms with Crippen molar-refractivity contribution in [3.8, 4) is 17.2 Å². The van der Waals surface area contributed by atoms with Crippen LogP contribution in [0.2, 0.25) is 10.0 Å². The number of carbonyl (C=O) groups excluding carboxylic acids is 2.